The number of benzene rings is 1. The standard InChI is InChI=1S/C16H22ClNO5/c1-5-21-10(3)15(19)18-12-8-7-9-13(14(12)17)23-16(20)11(4)22-6-2/h7-11H,5-6H2,1-4H3,(H,18,19). The van der Waals surface area contributed by atoms with Gasteiger partial charge in [0.15, 0.2) is 11.9 Å². The Labute approximate surface area is 141 Å². The van der Waals surface area contributed by atoms with E-state index >= 15 is 0 Å². The van der Waals surface area contributed by atoms with Crippen molar-refractivity contribution in [1.82, 2.24) is 0 Å². The summed E-state index contributed by atoms with van der Waals surface area (Å²) in [5.41, 5.74) is 0.345. The van der Waals surface area contributed by atoms with Gasteiger partial charge in [-0.1, -0.05) is 17.7 Å². The molecular formula is C16H22ClNO5. The monoisotopic (exact) mass is 343 g/mol. The van der Waals surface area contributed by atoms with Crippen molar-refractivity contribution in [3.05, 3.63) is 23.2 Å². The molecule has 0 aliphatic carbocycles. The molecule has 128 valence electrons. The van der Waals surface area contributed by atoms with E-state index in [0.717, 1.165) is 0 Å². The number of ether oxygens (including phenoxy) is 3. The van der Waals surface area contributed by atoms with Gasteiger partial charge < -0.3 is 19.5 Å². The van der Waals surface area contributed by atoms with Crippen LogP contribution in [-0.4, -0.2) is 37.3 Å². The van der Waals surface area contributed by atoms with Gasteiger partial charge in [-0.05, 0) is 39.8 Å². The number of carbonyl (C=O) groups excluding carboxylic acids is 2. The summed E-state index contributed by atoms with van der Waals surface area (Å²) in [7, 11) is 0. The van der Waals surface area contributed by atoms with Gasteiger partial charge in [-0.15, -0.1) is 0 Å². The van der Waals surface area contributed by atoms with Crippen molar-refractivity contribution in [1.29, 1.82) is 0 Å². The Bertz CT molecular complexity index is 505. The molecule has 0 bridgehead atoms. The highest BCUT2D eigenvalue weighted by atomic mass is 35.5. The number of amides is 1. The van der Waals surface area contributed by atoms with Crippen molar-refractivity contribution < 1.29 is 23.8 Å². The Morgan fingerprint density at radius 2 is 1.74 bits per heavy atom. The maximum absolute atomic E-state index is 12.0. The molecule has 23 heavy (non-hydrogen) atoms. The maximum Gasteiger partial charge on any atom is 0.340 e. The second kappa shape index (κ2) is 9.50. The molecule has 6 nitrogen and oxygen atoms in total. The predicted octanol–water partition coefficient (Wildman–Crippen LogP) is 3.03. The van der Waals surface area contributed by atoms with Gasteiger partial charge in [-0.2, -0.15) is 0 Å². The van der Waals surface area contributed by atoms with E-state index in [1.165, 1.54) is 0 Å². The van der Waals surface area contributed by atoms with Crippen LogP contribution in [0.25, 0.3) is 0 Å². The first-order valence-corrected chi connectivity index (χ1v) is 7.82. The molecule has 1 N–H and O–H groups in total. The van der Waals surface area contributed by atoms with E-state index in [-0.39, 0.29) is 16.7 Å². The van der Waals surface area contributed by atoms with Gasteiger partial charge in [0.2, 0.25) is 0 Å². The van der Waals surface area contributed by atoms with E-state index in [1.54, 1.807) is 45.9 Å². The third-order valence-corrected chi connectivity index (χ3v) is 3.36. The normalized spacial score (nSPS) is 13.3. The van der Waals surface area contributed by atoms with E-state index < -0.39 is 18.2 Å². The summed E-state index contributed by atoms with van der Waals surface area (Å²) >= 11 is 6.19. The number of hydrogen-bond acceptors (Lipinski definition) is 5. The molecule has 1 rings (SSSR count). The summed E-state index contributed by atoms with van der Waals surface area (Å²) in [5.74, 6) is -0.732. The molecule has 0 aromatic heterocycles. The first-order valence-electron chi connectivity index (χ1n) is 7.44. The molecule has 1 aromatic rings. The van der Waals surface area contributed by atoms with Gasteiger partial charge >= 0.3 is 5.97 Å². The second-order valence-electron chi connectivity index (χ2n) is 4.72. The number of carbonyl (C=O) groups is 2. The van der Waals surface area contributed by atoms with Gasteiger partial charge in [0.05, 0.1) is 5.69 Å². The zero-order valence-corrected chi connectivity index (χ0v) is 14.5. The molecule has 1 amide bonds. The van der Waals surface area contributed by atoms with Crippen LogP contribution in [0.3, 0.4) is 0 Å². The van der Waals surface area contributed by atoms with Crippen molar-refractivity contribution in [2.45, 2.75) is 39.9 Å². The van der Waals surface area contributed by atoms with Crippen molar-refractivity contribution in [2.75, 3.05) is 18.5 Å². The van der Waals surface area contributed by atoms with Crippen LogP contribution in [-0.2, 0) is 19.1 Å². The number of anilines is 1. The van der Waals surface area contributed by atoms with Gasteiger partial charge in [-0.25, -0.2) is 4.79 Å². The molecule has 1 aromatic carbocycles. The van der Waals surface area contributed by atoms with E-state index in [9.17, 15) is 9.59 Å². The fraction of sp³-hybridized carbons (Fsp3) is 0.500. The quantitative estimate of drug-likeness (QED) is 0.580. The maximum atomic E-state index is 12.0. The average molecular weight is 344 g/mol. The molecule has 2 unspecified atom stereocenters. The molecule has 0 saturated carbocycles. The smallest absolute Gasteiger partial charge is 0.340 e. The molecule has 0 aliphatic heterocycles. The predicted molar refractivity (Wildman–Crippen MR) is 87.9 cm³/mol. The minimum atomic E-state index is -0.702. The van der Waals surface area contributed by atoms with Crippen LogP contribution in [0, 0.1) is 0 Å². The van der Waals surface area contributed by atoms with Gasteiger partial charge in [0.1, 0.15) is 11.1 Å². The van der Waals surface area contributed by atoms with Crippen molar-refractivity contribution >= 4 is 29.2 Å². The molecule has 2 atom stereocenters. The minimum absolute atomic E-state index is 0.140. The largest absolute Gasteiger partial charge is 0.423 e. The number of hydrogen-bond donors (Lipinski definition) is 1. The van der Waals surface area contributed by atoms with Crippen LogP contribution in [0.4, 0.5) is 5.69 Å². The molecular weight excluding hydrogens is 322 g/mol. The summed E-state index contributed by atoms with van der Waals surface area (Å²) < 4.78 is 15.6. The third-order valence-electron chi connectivity index (χ3n) is 2.97. The number of esters is 1. The van der Waals surface area contributed by atoms with Crippen molar-refractivity contribution in [2.24, 2.45) is 0 Å². The van der Waals surface area contributed by atoms with E-state index in [1.807, 2.05) is 0 Å². The summed E-state index contributed by atoms with van der Waals surface area (Å²) in [6.07, 6.45) is -1.31. The first-order chi connectivity index (χ1) is 10.9. The highest BCUT2D eigenvalue weighted by molar-refractivity contribution is 6.35. The Kier molecular flexibility index (Phi) is 8.02. The average Bonchev–Trinajstić information content (AvgIpc) is 2.51. The Morgan fingerprint density at radius 1 is 1.13 bits per heavy atom. The lowest BCUT2D eigenvalue weighted by Crippen LogP contribution is -2.28. The van der Waals surface area contributed by atoms with Crippen LogP contribution in [0.5, 0.6) is 5.75 Å². The fourth-order valence-electron chi connectivity index (χ4n) is 1.76. The van der Waals surface area contributed by atoms with E-state index in [2.05, 4.69) is 5.32 Å². The Balaban J connectivity index is 2.82. The van der Waals surface area contributed by atoms with Crippen LogP contribution < -0.4 is 10.1 Å². The molecule has 0 heterocycles. The zero-order chi connectivity index (χ0) is 17.4. The highest BCUT2D eigenvalue weighted by Crippen LogP contribution is 2.32. The summed E-state index contributed by atoms with van der Waals surface area (Å²) in [6, 6.07) is 4.78. The summed E-state index contributed by atoms with van der Waals surface area (Å²) in [4.78, 5) is 23.8. The topological polar surface area (TPSA) is 73.9 Å². The van der Waals surface area contributed by atoms with Crippen molar-refractivity contribution in [3.63, 3.8) is 0 Å². The molecule has 0 fully saturated rings. The van der Waals surface area contributed by atoms with Crippen LogP contribution in [0.1, 0.15) is 27.7 Å². The molecule has 0 radical (unpaired) electrons. The fourth-order valence-corrected chi connectivity index (χ4v) is 1.97. The minimum Gasteiger partial charge on any atom is -0.423 e. The Morgan fingerprint density at radius 3 is 2.35 bits per heavy atom. The van der Waals surface area contributed by atoms with Gasteiger partial charge in [0, 0.05) is 13.2 Å². The lowest BCUT2D eigenvalue weighted by atomic mass is 10.2. The third kappa shape index (κ3) is 5.82. The van der Waals surface area contributed by atoms with E-state index in [4.69, 9.17) is 25.8 Å². The SMILES string of the molecule is CCOC(C)C(=O)Nc1cccc(OC(=O)C(C)OCC)c1Cl. The van der Waals surface area contributed by atoms with E-state index in [0.29, 0.717) is 18.9 Å². The Hall–Kier alpha value is -1.63. The lowest BCUT2D eigenvalue weighted by Gasteiger charge is -2.15. The molecule has 0 saturated heterocycles. The summed E-state index contributed by atoms with van der Waals surface area (Å²) in [5, 5.41) is 2.78. The molecule has 0 spiro atoms. The van der Waals surface area contributed by atoms with Crippen LogP contribution >= 0.6 is 11.6 Å². The van der Waals surface area contributed by atoms with Gasteiger partial charge in [-0.3, -0.25) is 4.79 Å². The lowest BCUT2D eigenvalue weighted by molar-refractivity contribution is -0.145. The number of rotatable bonds is 8. The number of halogens is 1. The number of nitrogens with one attached hydrogen (secondary N) is 1. The zero-order valence-electron chi connectivity index (χ0n) is 13.7. The highest BCUT2D eigenvalue weighted by Gasteiger charge is 2.19. The second-order valence-corrected chi connectivity index (χ2v) is 5.10. The molecule has 0 aliphatic rings. The van der Waals surface area contributed by atoms with Gasteiger partial charge in [0.25, 0.3) is 5.91 Å². The first kappa shape index (κ1) is 19.4. The van der Waals surface area contributed by atoms with Crippen LogP contribution in [0.2, 0.25) is 5.02 Å². The van der Waals surface area contributed by atoms with Crippen LogP contribution in [0.15, 0.2) is 18.2 Å². The summed E-state index contributed by atoms with van der Waals surface area (Å²) in [6.45, 7) is 7.64. The molecule has 7 heteroatoms. The van der Waals surface area contributed by atoms with Crippen molar-refractivity contribution in [3.8, 4) is 5.75 Å².